The van der Waals surface area contributed by atoms with Crippen molar-refractivity contribution in [1.82, 2.24) is 9.13 Å². The molecule has 1 aliphatic heterocycles. The van der Waals surface area contributed by atoms with Crippen molar-refractivity contribution in [2.45, 2.75) is 51.7 Å². The van der Waals surface area contributed by atoms with Gasteiger partial charge in [0.2, 0.25) is 0 Å². The third kappa shape index (κ3) is 4.32. The summed E-state index contributed by atoms with van der Waals surface area (Å²) in [7, 11) is 2.01. The molecule has 34 heavy (non-hydrogen) atoms. The summed E-state index contributed by atoms with van der Waals surface area (Å²) in [6.07, 6.45) is 3.66. The second kappa shape index (κ2) is 9.43. The van der Waals surface area contributed by atoms with Crippen molar-refractivity contribution in [2.75, 3.05) is 6.26 Å². The van der Waals surface area contributed by atoms with E-state index >= 15 is 0 Å². The van der Waals surface area contributed by atoms with Crippen molar-refractivity contribution in [3.05, 3.63) is 83.8 Å². The number of allylic oxidation sites excluding steroid dienone is 1. The molecule has 1 aromatic carbocycles. The van der Waals surface area contributed by atoms with Crippen LogP contribution >= 0.6 is 23.1 Å². The lowest BCUT2D eigenvalue weighted by molar-refractivity contribution is -0.143. The Morgan fingerprint density at radius 2 is 1.88 bits per heavy atom. The minimum atomic E-state index is -0.598. The molecule has 4 rings (SSSR count). The van der Waals surface area contributed by atoms with Gasteiger partial charge < -0.3 is 9.30 Å². The number of esters is 1. The number of rotatable bonds is 5. The molecule has 1 aliphatic rings. The van der Waals surface area contributed by atoms with Gasteiger partial charge in [-0.25, -0.2) is 9.79 Å². The molecule has 0 saturated carbocycles. The normalized spacial score (nSPS) is 16.1. The van der Waals surface area contributed by atoms with Gasteiger partial charge in [-0.15, -0.1) is 11.8 Å². The Balaban J connectivity index is 1.95. The average molecular weight is 496 g/mol. The van der Waals surface area contributed by atoms with Crippen LogP contribution in [-0.4, -0.2) is 27.5 Å². The van der Waals surface area contributed by atoms with Crippen LogP contribution in [0.15, 0.2) is 56.3 Å². The van der Waals surface area contributed by atoms with E-state index in [1.54, 1.807) is 16.3 Å². The standard InChI is InChI=1S/C26H29N3O3S2/c1-14(2)32-25(31)22-16(4)27-26-29(23(22)18-8-10-20(33-7)11-9-18)24(30)21(34-26)13-19-12-15(3)28(6)17(19)5/h8-14,23H,1-7H3/b21-13+/t23-/m1/s1. The predicted octanol–water partition coefficient (Wildman–Crippen LogP) is 3.86. The molecule has 8 heteroatoms. The smallest absolute Gasteiger partial charge is 0.338 e. The fraction of sp³-hybridized carbons (Fsp3) is 0.346. The first-order chi connectivity index (χ1) is 16.1. The molecule has 2 aromatic heterocycles. The largest absolute Gasteiger partial charge is 0.459 e. The number of ether oxygens (including phenoxy) is 1. The van der Waals surface area contributed by atoms with Crippen LogP contribution < -0.4 is 14.9 Å². The van der Waals surface area contributed by atoms with Crippen molar-refractivity contribution >= 4 is 35.1 Å². The molecule has 3 aromatic rings. The summed E-state index contributed by atoms with van der Waals surface area (Å²) in [5.41, 5.74) is 4.87. The molecular weight excluding hydrogens is 466 g/mol. The minimum Gasteiger partial charge on any atom is -0.459 e. The molecule has 0 unspecified atom stereocenters. The van der Waals surface area contributed by atoms with Crippen LogP contribution in [0.3, 0.4) is 0 Å². The second-order valence-electron chi connectivity index (χ2n) is 8.69. The highest BCUT2D eigenvalue weighted by molar-refractivity contribution is 7.98. The zero-order valence-corrected chi connectivity index (χ0v) is 22.1. The lowest BCUT2D eigenvalue weighted by Gasteiger charge is -2.25. The zero-order chi connectivity index (χ0) is 24.7. The first-order valence-corrected chi connectivity index (χ1v) is 13.2. The van der Waals surface area contributed by atoms with Crippen LogP contribution in [0.25, 0.3) is 6.08 Å². The van der Waals surface area contributed by atoms with E-state index in [4.69, 9.17) is 4.74 Å². The number of benzene rings is 1. The molecule has 0 N–H and O–H groups in total. The quantitative estimate of drug-likeness (QED) is 0.398. The number of aryl methyl sites for hydroxylation is 1. The SMILES string of the molecule is CSc1ccc([C@@H]2C(C(=O)OC(C)C)=C(C)N=c3s/c(=C/c4cc(C)n(C)c4C)c(=O)n32)cc1. The summed E-state index contributed by atoms with van der Waals surface area (Å²) >= 11 is 2.99. The first kappa shape index (κ1) is 24.3. The number of hydrogen-bond acceptors (Lipinski definition) is 6. The van der Waals surface area contributed by atoms with Crippen LogP contribution in [-0.2, 0) is 16.6 Å². The Morgan fingerprint density at radius 1 is 1.21 bits per heavy atom. The molecule has 178 valence electrons. The molecule has 1 atom stereocenters. The Kier molecular flexibility index (Phi) is 6.73. The van der Waals surface area contributed by atoms with Gasteiger partial charge in [0.15, 0.2) is 4.80 Å². The van der Waals surface area contributed by atoms with Crippen LogP contribution in [0, 0.1) is 13.8 Å². The summed E-state index contributed by atoms with van der Waals surface area (Å²) in [6.45, 7) is 9.52. The third-order valence-electron chi connectivity index (χ3n) is 6.12. The summed E-state index contributed by atoms with van der Waals surface area (Å²) < 4.78 is 9.89. The average Bonchev–Trinajstić information content (AvgIpc) is 3.22. The number of nitrogens with zero attached hydrogens (tertiary/aromatic N) is 3. The van der Waals surface area contributed by atoms with E-state index in [1.165, 1.54) is 11.3 Å². The molecular formula is C26H29N3O3S2. The monoisotopic (exact) mass is 495 g/mol. The molecule has 0 fully saturated rings. The topological polar surface area (TPSA) is 65.6 Å². The zero-order valence-electron chi connectivity index (χ0n) is 20.5. The number of fused-ring (bicyclic) bond motifs is 1. The van der Waals surface area contributed by atoms with Gasteiger partial charge in [0.05, 0.1) is 27.9 Å². The fourth-order valence-electron chi connectivity index (χ4n) is 4.13. The lowest BCUT2D eigenvalue weighted by Crippen LogP contribution is -2.40. The summed E-state index contributed by atoms with van der Waals surface area (Å²) in [4.78, 5) is 33.2. The van der Waals surface area contributed by atoms with E-state index in [1.807, 2.05) is 78.3 Å². The Bertz CT molecular complexity index is 1470. The number of thiazole rings is 1. The number of hydrogen-bond donors (Lipinski definition) is 0. The van der Waals surface area contributed by atoms with Gasteiger partial charge >= 0.3 is 5.97 Å². The summed E-state index contributed by atoms with van der Waals surface area (Å²) in [6, 6.07) is 9.43. The van der Waals surface area contributed by atoms with Gasteiger partial charge in [-0.2, -0.15) is 0 Å². The summed E-state index contributed by atoms with van der Waals surface area (Å²) in [5, 5.41) is 0. The van der Waals surface area contributed by atoms with Crippen molar-refractivity contribution in [3.63, 3.8) is 0 Å². The highest BCUT2D eigenvalue weighted by atomic mass is 32.2. The van der Waals surface area contributed by atoms with Crippen LogP contribution in [0.5, 0.6) is 0 Å². The minimum absolute atomic E-state index is 0.161. The molecule has 0 amide bonds. The number of carbonyl (C=O) groups excluding carboxylic acids is 1. The van der Waals surface area contributed by atoms with E-state index in [0.717, 1.165) is 27.4 Å². The van der Waals surface area contributed by atoms with Gasteiger partial charge in [-0.05, 0) is 76.3 Å². The first-order valence-electron chi connectivity index (χ1n) is 11.1. The third-order valence-corrected chi connectivity index (χ3v) is 7.84. The van der Waals surface area contributed by atoms with Gasteiger partial charge in [0, 0.05) is 23.3 Å². The van der Waals surface area contributed by atoms with Crippen molar-refractivity contribution in [3.8, 4) is 0 Å². The van der Waals surface area contributed by atoms with Gasteiger partial charge in [-0.3, -0.25) is 9.36 Å². The van der Waals surface area contributed by atoms with Crippen LogP contribution in [0.4, 0.5) is 0 Å². The maximum atomic E-state index is 13.7. The highest BCUT2D eigenvalue weighted by Gasteiger charge is 2.33. The lowest BCUT2D eigenvalue weighted by atomic mass is 9.96. The van der Waals surface area contributed by atoms with Gasteiger partial charge in [0.1, 0.15) is 0 Å². The maximum absolute atomic E-state index is 13.7. The summed E-state index contributed by atoms with van der Waals surface area (Å²) in [5.74, 6) is -0.445. The van der Waals surface area contributed by atoms with Crippen LogP contribution in [0.1, 0.15) is 49.3 Å². The molecule has 0 saturated heterocycles. The Labute approximate surface area is 207 Å². The Morgan fingerprint density at radius 3 is 2.44 bits per heavy atom. The number of thioether (sulfide) groups is 1. The molecule has 0 aliphatic carbocycles. The molecule has 0 bridgehead atoms. The fourth-order valence-corrected chi connectivity index (χ4v) is 5.58. The molecule has 3 heterocycles. The van der Waals surface area contributed by atoms with E-state index in [-0.39, 0.29) is 11.7 Å². The maximum Gasteiger partial charge on any atom is 0.338 e. The van der Waals surface area contributed by atoms with E-state index < -0.39 is 12.0 Å². The second-order valence-corrected chi connectivity index (χ2v) is 10.6. The van der Waals surface area contributed by atoms with Crippen molar-refractivity contribution < 1.29 is 9.53 Å². The van der Waals surface area contributed by atoms with Crippen LogP contribution in [0.2, 0.25) is 0 Å². The molecule has 0 spiro atoms. The van der Waals surface area contributed by atoms with Gasteiger partial charge in [0.25, 0.3) is 5.56 Å². The predicted molar refractivity (Wildman–Crippen MR) is 138 cm³/mol. The highest BCUT2D eigenvalue weighted by Crippen LogP contribution is 2.32. The Hall–Kier alpha value is -2.84. The molecule has 6 nitrogen and oxygen atoms in total. The molecule has 0 radical (unpaired) electrons. The van der Waals surface area contributed by atoms with Gasteiger partial charge in [-0.1, -0.05) is 23.5 Å². The van der Waals surface area contributed by atoms with Crippen molar-refractivity contribution in [1.29, 1.82) is 0 Å². The number of carbonyl (C=O) groups is 1. The van der Waals surface area contributed by atoms with E-state index in [0.29, 0.717) is 20.6 Å². The number of aromatic nitrogens is 2. The van der Waals surface area contributed by atoms with E-state index in [9.17, 15) is 9.59 Å². The van der Waals surface area contributed by atoms with E-state index in [2.05, 4.69) is 15.6 Å². The van der Waals surface area contributed by atoms with Crippen molar-refractivity contribution in [2.24, 2.45) is 12.0 Å².